The molecule has 3 aromatic rings. The zero-order valence-electron chi connectivity index (χ0n) is 14.7. The Kier molecular flexibility index (Phi) is 7.02. The van der Waals surface area contributed by atoms with Crippen LogP contribution in [0.4, 0.5) is 11.6 Å². The summed E-state index contributed by atoms with van der Waals surface area (Å²) in [6.45, 7) is 3.78. The van der Waals surface area contributed by atoms with Gasteiger partial charge >= 0.3 is 0 Å². The summed E-state index contributed by atoms with van der Waals surface area (Å²) in [5.41, 5.74) is 12.9. The van der Waals surface area contributed by atoms with Crippen molar-refractivity contribution >= 4 is 56.4 Å². The minimum absolute atomic E-state index is 0.0187. The first-order chi connectivity index (χ1) is 12.4. The van der Waals surface area contributed by atoms with Gasteiger partial charge in [0.25, 0.3) is 0 Å². The molecule has 1 atom stereocenters. The molecule has 1 unspecified atom stereocenters. The molecule has 26 heavy (non-hydrogen) atoms. The van der Waals surface area contributed by atoms with Crippen LogP contribution in [0.3, 0.4) is 0 Å². The predicted molar refractivity (Wildman–Crippen MR) is 112 cm³/mol. The van der Waals surface area contributed by atoms with Crippen molar-refractivity contribution in [2.45, 2.75) is 19.9 Å². The monoisotopic (exact) mass is 413 g/mol. The summed E-state index contributed by atoms with van der Waals surface area (Å²) in [6, 6.07) is 5.17. The average molecular weight is 414 g/mol. The predicted octanol–water partition coefficient (Wildman–Crippen LogP) is 3.92. The van der Waals surface area contributed by atoms with Gasteiger partial charge in [0, 0.05) is 16.5 Å². The molecule has 0 fully saturated rings. The maximum Gasteiger partial charge on any atom is 0.224 e. The van der Waals surface area contributed by atoms with Gasteiger partial charge in [-0.25, -0.2) is 9.97 Å². The lowest BCUT2D eigenvalue weighted by Gasteiger charge is -2.13. The number of halogens is 2. The number of nitrogen functional groups attached to an aromatic ring is 1. The molecule has 0 aliphatic rings. The Morgan fingerprint density at radius 2 is 1.92 bits per heavy atom. The molecule has 0 aliphatic carbocycles. The highest BCUT2D eigenvalue weighted by atomic mass is 35.5. The van der Waals surface area contributed by atoms with Crippen LogP contribution in [0.1, 0.15) is 11.8 Å². The molecule has 0 saturated heterocycles. The lowest BCUT2D eigenvalue weighted by Crippen LogP contribution is -2.21. The zero-order valence-corrected chi connectivity index (χ0v) is 17.0. The van der Waals surface area contributed by atoms with E-state index in [1.165, 1.54) is 18.4 Å². The van der Waals surface area contributed by atoms with Crippen LogP contribution in [0.5, 0.6) is 0 Å². The minimum Gasteiger partial charge on any atom is -0.397 e. The maximum atomic E-state index is 9.24. The Balaban J connectivity index is 0.00000117. The van der Waals surface area contributed by atoms with Gasteiger partial charge in [-0.05, 0) is 33.0 Å². The van der Waals surface area contributed by atoms with Crippen molar-refractivity contribution in [3.63, 3.8) is 0 Å². The molecule has 0 aliphatic heterocycles. The van der Waals surface area contributed by atoms with Crippen LogP contribution < -0.4 is 16.8 Å². The van der Waals surface area contributed by atoms with Gasteiger partial charge in [-0.1, -0.05) is 29.3 Å². The van der Waals surface area contributed by atoms with E-state index >= 15 is 0 Å². The number of thiophene rings is 1. The van der Waals surface area contributed by atoms with Gasteiger partial charge in [0.2, 0.25) is 5.95 Å². The van der Waals surface area contributed by atoms with E-state index in [0.29, 0.717) is 27.4 Å². The van der Waals surface area contributed by atoms with E-state index in [4.69, 9.17) is 28.9 Å². The van der Waals surface area contributed by atoms with Gasteiger partial charge in [0.1, 0.15) is 4.83 Å². The van der Waals surface area contributed by atoms with Crippen molar-refractivity contribution in [1.29, 1.82) is 0 Å². The van der Waals surface area contributed by atoms with Crippen LogP contribution in [0.15, 0.2) is 18.2 Å². The summed E-state index contributed by atoms with van der Waals surface area (Å²) in [5, 5.41) is 14.1. The van der Waals surface area contributed by atoms with E-state index < -0.39 is 0 Å². The molecular formula is C17H21Cl2N5OS. The Hall–Kier alpha value is -1.64. The summed E-state index contributed by atoms with van der Waals surface area (Å²) in [6.07, 6.45) is 0. The van der Waals surface area contributed by atoms with Crippen LogP contribution in [0.2, 0.25) is 10.0 Å². The second kappa shape index (κ2) is 8.83. The van der Waals surface area contributed by atoms with E-state index in [2.05, 4.69) is 21.0 Å². The number of nitrogens with two attached hydrogens (primary N) is 2. The lowest BCUT2D eigenvalue weighted by molar-refractivity contribution is 0.281. The van der Waals surface area contributed by atoms with Gasteiger partial charge in [-0.3, -0.25) is 0 Å². The van der Waals surface area contributed by atoms with E-state index in [-0.39, 0.29) is 12.6 Å². The Bertz CT molecular complexity index is 916. The number of benzene rings is 1. The number of aliphatic hydroxyl groups excluding tert-OH is 1. The first-order valence-corrected chi connectivity index (χ1v) is 9.45. The third-order valence-corrected chi connectivity index (χ3v) is 5.37. The van der Waals surface area contributed by atoms with Gasteiger partial charge in [0.05, 0.1) is 33.4 Å². The van der Waals surface area contributed by atoms with Crippen LogP contribution in [0, 0.1) is 6.92 Å². The average Bonchev–Trinajstić information content (AvgIpc) is 2.92. The second-order valence-electron chi connectivity index (χ2n) is 5.50. The number of nitrogens with zero attached hydrogens (tertiary/aromatic N) is 2. The highest BCUT2D eigenvalue weighted by Crippen LogP contribution is 2.39. The molecular weight excluding hydrogens is 393 g/mol. The summed E-state index contributed by atoms with van der Waals surface area (Å²) in [7, 11) is 1.50. The van der Waals surface area contributed by atoms with Gasteiger partial charge in [-0.15, -0.1) is 11.3 Å². The van der Waals surface area contributed by atoms with Crippen molar-refractivity contribution in [1.82, 2.24) is 9.97 Å². The number of aliphatic hydroxyl groups is 1. The molecule has 6 nitrogen and oxygen atoms in total. The molecule has 140 valence electrons. The largest absolute Gasteiger partial charge is 0.397 e. The molecule has 2 aromatic heterocycles. The van der Waals surface area contributed by atoms with Crippen molar-refractivity contribution in [2.75, 3.05) is 24.7 Å². The number of fused-ring (bicyclic) bond motifs is 1. The fourth-order valence-corrected chi connectivity index (χ4v) is 3.56. The molecule has 1 aromatic carbocycles. The molecule has 0 saturated carbocycles. The minimum atomic E-state index is -0.164. The Morgan fingerprint density at radius 1 is 1.23 bits per heavy atom. The normalized spacial score (nSPS) is 11.8. The first kappa shape index (κ1) is 20.7. The number of hydrogen-bond donors (Lipinski definition) is 4. The molecule has 0 bridgehead atoms. The highest BCUT2D eigenvalue weighted by Gasteiger charge is 2.18. The SMILES string of the molecule is CN.Cc1sc2nc(NC(C)CO)nc(-c3ccc(Cl)c(Cl)c3)c2c1N. The standard InChI is InChI=1S/C16H16Cl2N4OS.CH5N/c1-7(6-23)20-16-21-14(9-3-4-10(17)11(18)5-9)12-13(19)8(2)24-15(12)22-16;1-2/h3-5,7,23H,6,19H2,1-2H3,(H,20,21,22);2H2,1H3. The van der Waals surface area contributed by atoms with Crippen LogP contribution >= 0.6 is 34.5 Å². The zero-order chi connectivity index (χ0) is 19.4. The number of rotatable bonds is 4. The Labute approximate surface area is 166 Å². The van der Waals surface area contributed by atoms with Crippen molar-refractivity contribution < 1.29 is 5.11 Å². The number of anilines is 2. The van der Waals surface area contributed by atoms with E-state index in [0.717, 1.165) is 20.7 Å². The number of aryl methyl sites for hydroxylation is 1. The number of aromatic nitrogens is 2. The molecule has 3 rings (SSSR count). The van der Waals surface area contributed by atoms with Gasteiger partial charge < -0.3 is 21.9 Å². The molecule has 6 N–H and O–H groups in total. The van der Waals surface area contributed by atoms with Crippen LogP contribution in [-0.2, 0) is 0 Å². The smallest absolute Gasteiger partial charge is 0.224 e. The molecule has 0 spiro atoms. The topological polar surface area (TPSA) is 110 Å². The second-order valence-corrected chi connectivity index (χ2v) is 7.52. The van der Waals surface area contributed by atoms with Crippen LogP contribution in [0.25, 0.3) is 21.5 Å². The third-order valence-electron chi connectivity index (χ3n) is 3.62. The number of nitrogens with one attached hydrogen (secondary N) is 1. The summed E-state index contributed by atoms with van der Waals surface area (Å²) in [5.74, 6) is 0.436. The summed E-state index contributed by atoms with van der Waals surface area (Å²) >= 11 is 13.7. The summed E-state index contributed by atoms with van der Waals surface area (Å²) < 4.78 is 0. The highest BCUT2D eigenvalue weighted by molar-refractivity contribution is 7.19. The maximum absolute atomic E-state index is 9.24. The fraction of sp³-hybridized carbons (Fsp3) is 0.294. The van der Waals surface area contributed by atoms with E-state index in [9.17, 15) is 5.11 Å². The first-order valence-electron chi connectivity index (χ1n) is 7.88. The van der Waals surface area contributed by atoms with Crippen molar-refractivity contribution in [3.8, 4) is 11.3 Å². The molecule has 0 radical (unpaired) electrons. The third kappa shape index (κ3) is 4.19. The summed E-state index contributed by atoms with van der Waals surface area (Å²) in [4.78, 5) is 10.9. The fourth-order valence-electron chi connectivity index (χ4n) is 2.32. The van der Waals surface area contributed by atoms with Gasteiger partial charge in [0.15, 0.2) is 0 Å². The molecule has 9 heteroatoms. The quantitative estimate of drug-likeness (QED) is 0.515. The van der Waals surface area contributed by atoms with Gasteiger partial charge in [-0.2, -0.15) is 0 Å². The number of hydrogen-bond acceptors (Lipinski definition) is 7. The van der Waals surface area contributed by atoms with Crippen molar-refractivity contribution in [3.05, 3.63) is 33.1 Å². The van der Waals surface area contributed by atoms with Crippen LogP contribution in [-0.4, -0.2) is 34.8 Å². The molecule has 0 amide bonds. The van der Waals surface area contributed by atoms with Crippen molar-refractivity contribution in [2.24, 2.45) is 5.73 Å². The van der Waals surface area contributed by atoms with E-state index in [1.54, 1.807) is 12.1 Å². The lowest BCUT2D eigenvalue weighted by atomic mass is 10.1. The molecule has 2 heterocycles. The Morgan fingerprint density at radius 3 is 2.54 bits per heavy atom. The van der Waals surface area contributed by atoms with E-state index in [1.807, 2.05) is 19.9 Å².